The maximum Gasteiger partial charge on any atom is 0.308 e. The van der Waals surface area contributed by atoms with Gasteiger partial charge in [0, 0.05) is 19.0 Å². The van der Waals surface area contributed by atoms with Gasteiger partial charge in [-0.1, -0.05) is 0 Å². The molecule has 1 aromatic carbocycles. The van der Waals surface area contributed by atoms with E-state index in [0.717, 1.165) is 5.56 Å². The van der Waals surface area contributed by atoms with Crippen LogP contribution in [0.1, 0.15) is 12.0 Å². The van der Waals surface area contributed by atoms with E-state index in [2.05, 4.69) is 0 Å². The third kappa shape index (κ3) is 1.89. The van der Waals surface area contributed by atoms with Crippen LogP contribution in [0, 0.1) is 12.8 Å². The minimum atomic E-state index is -0.936. The summed E-state index contributed by atoms with van der Waals surface area (Å²) in [6, 6.07) is 3.54. The fourth-order valence-electron chi connectivity index (χ4n) is 2.43. The fraction of sp³-hybridized carbons (Fsp3) is 0.385. The van der Waals surface area contributed by atoms with E-state index in [1.807, 2.05) is 6.92 Å². The van der Waals surface area contributed by atoms with Crippen molar-refractivity contribution >= 4 is 17.6 Å². The third-order valence-electron chi connectivity index (χ3n) is 3.46. The zero-order chi connectivity index (χ0) is 13.6. The van der Waals surface area contributed by atoms with Gasteiger partial charge in [-0.2, -0.15) is 0 Å². The van der Waals surface area contributed by atoms with Crippen LogP contribution in [0.5, 0.6) is 11.5 Å². The summed E-state index contributed by atoms with van der Waals surface area (Å²) in [5.41, 5.74) is 1.56. The molecule has 0 aliphatic carbocycles. The molecule has 1 atom stereocenters. The van der Waals surface area contributed by atoms with Gasteiger partial charge in [0.05, 0.1) is 11.6 Å². The summed E-state index contributed by atoms with van der Waals surface area (Å²) in [4.78, 5) is 24.4. The Balaban J connectivity index is 1.95. The minimum Gasteiger partial charge on any atom is -0.481 e. The zero-order valence-electron chi connectivity index (χ0n) is 10.4. The fourth-order valence-corrected chi connectivity index (χ4v) is 2.43. The Morgan fingerprint density at radius 2 is 2.05 bits per heavy atom. The Bertz CT molecular complexity index is 568. The molecule has 6 heteroatoms. The van der Waals surface area contributed by atoms with Crippen LogP contribution < -0.4 is 14.4 Å². The molecule has 1 amide bonds. The predicted molar refractivity (Wildman–Crippen MR) is 65.4 cm³/mol. The lowest BCUT2D eigenvalue weighted by molar-refractivity contribution is -0.141. The SMILES string of the molecule is Cc1cc2c(cc1N1CC(C(=O)O)CC1=O)OCO2. The second-order valence-corrected chi connectivity index (χ2v) is 4.74. The van der Waals surface area contributed by atoms with Crippen molar-refractivity contribution in [2.24, 2.45) is 5.92 Å². The van der Waals surface area contributed by atoms with Gasteiger partial charge in [0.1, 0.15) is 0 Å². The quantitative estimate of drug-likeness (QED) is 0.866. The molecule has 0 aromatic heterocycles. The number of aryl methyl sites for hydroxylation is 1. The Labute approximate surface area is 109 Å². The van der Waals surface area contributed by atoms with Crippen molar-refractivity contribution in [3.63, 3.8) is 0 Å². The van der Waals surface area contributed by atoms with Crippen molar-refractivity contribution in [2.75, 3.05) is 18.2 Å². The number of rotatable bonds is 2. The van der Waals surface area contributed by atoms with Crippen molar-refractivity contribution in [1.82, 2.24) is 0 Å². The van der Waals surface area contributed by atoms with Gasteiger partial charge in [0.25, 0.3) is 0 Å². The van der Waals surface area contributed by atoms with Crippen LogP contribution in [0.3, 0.4) is 0 Å². The first-order valence-corrected chi connectivity index (χ1v) is 5.99. The minimum absolute atomic E-state index is 0.0449. The van der Waals surface area contributed by atoms with Crippen molar-refractivity contribution in [3.05, 3.63) is 17.7 Å². The summed E-state index contributed by atoms with van der Waals surface area (Å²) in [7, 11) is 0. The van der Waals surface area contributed by atoms with E-state index >= 15 is 0 Å². The van der Waals surface area contributed by atoms with Crippen LogP contribution in [0.25, 0.3) is 0 Å². The van der Waals surface area contributed by atoms with Gasteiger partial charge in [0.15, 0.2) is 11.5 Å². The summed E-state index contributed by atoms with van der Waals surface area (Å²) in [5, 5.41) is 9.00. The highest BCUT2D eigenvalue weighted by molar-refractivity contribution is 6.00. The molecule has 0 bridgehead atoms. The van der Waals surface area contributed by atoms with Gasteiger partial charge in [0.2, 0.25) is 12.7 Å². The van der Waals surface area contributed by atoms with Crippen molar-refractivity contribution in [2.45, 2.75) is 13.3 Å². The van der Waals surface area contributed by atoms with E-state index < -0.39 is 11.9 Å². The second kappa shape index (κ2) is 4.15. The average Bonchev–Trinajstić information content (AvgIpc) is 2.94. The average molecular weight is 263 g/mol. The summed E-state index contributed by atoms with van der Waals surface area (Å²) < 4.78 is 10.6. The smallest absolute Gasteiger partial charge is 0.308 e. The number of nitrogens with zero attached hydrogens (tertiary/aromatic N) is 1. The molecular weight excluding hydrogens is 250 g/mol. The molecule has 0 spiro atoms. The number of hydrogen-bond acceptors (Lipinski definition) is 4. The van der Waals surface area contributed by atoms with Gasteiger partial charge in [-0.05, 0) is 18.6 Å². The van der Waals surface area contributed by atoms with Crippen LogP contribution in [0.4, 0.5) is 5.69 Å². The number of fused-ring (bicyclic) bond motifs is 1. The predicted octanol–water partition coefficient (Wildman–Crippen LogP) is 1.16. The Hall–Kier alpha value is -2.24. The molecule has 3 rings (SSSR count). The molecule has 1 unspecified atom stereocenters. The number of anilines is 1. The molecule has 1 N–H and O–H groups in total. The van der Waals surface area contributed by atoms with E-state index in [-0.39, 0.29) is 25.7 Å². The number of benzene rings is 1. The Morgan fingerprint density at radius 1 is 1.37 bits per heavy atom. The lowest BCUT2D eigenvalue weighted by Gasteiger charge is -2.19. The van der Waals surface area contributed by atoms with Crippen LogP contribution in [-0.2, 0) is 9.59 Å². The van der Waals surface area contributed by atoms with Crippen LogP contribution in [-0.4, -0.2) is 30.3 Å². The van der Waals surface area contributed by atoms with E-state index in [1.54, 1.807) is 12.1 Å². The number of aliphatic carboxylic acids is 1. The van der Waals surface area contributed by atoms with Gasteiger partial charge < -0.3 is 19.5 Å². The maximum atomic E-state index is 11.9. The molecule has 0 radical (unpaired) electrons. The van der Waals surface area contributed by atoms with Gasteiger partial charge in [-0.15, -0.1) is 0 Å². The second-order valence-electron chi connectivity index (χ2n) is 4.74. The van der Waals surface area contributed by atoms with Crippen LogP contribution in [0.2, 0.25) is 0 Å². The Kier molecular flexibility index (Phi) is 2.58. The van der Waals surface area contributed by atoms with Crippen molar-refractivity contribution < 1.29 is 24.2 Å². The number of ether oxygens (including phenoxy) is 2. The number of hydrogen-bond donors (Lipinski definition) is 1. The molecule has 100 valence electrons. The maximum absolute atomic E-state index is 11.9. The number of carboxylic acid groups (broad SMARTS) is 1. The first-order chi connectivity index (χ1) is 9.06. The lowest BCUT2D eigenvalue weighted by Crippen LogP contribution is -2.26. The molecule has 19 heavy (non-hydrogen) atoms. The van der Waals surface area contributed by atoms with Gasteiger partial charge in [-0.3, -0.25) is 9.59 Å². The summed E-state index contributed by atoms with van der Waals surface area (Å²) in [6.45, 7) is 2.23. The van der Waals surface area contributed by atoms with E-state index in [1.165, 1.54) is 4.90 Å². The monoisotopic (exact) mass is 263 g/mol. The third-order valence-corrected chi connectivity index (χ3v) is 3.46. The van der Waals surface area contributed by atoms with E-state index in [0.29, 0.717) is 17.2 Å². The molecule has 1 fully saturated rings. The Morgan fingerprint density at radius 3 is 2.68 bits per heavy atom. The molecule has 6 nitrogen and oxygen atoms in total. The van der Waals surface area contributed by atoms with E-state index in [4.69, 9.17) is 14.6 Å². The lowest BCUT2D eigenvalue weighted by atomic mass is 10.1. The summed E-state index contributed by atoms with van der Waals surface area (Å²) >= 11 is 0. The largest absolute Gasteiger partial charge is 0.481 e. The van der Waals surface area contributed by atoms with Crippen LogP contribution in [0.15, 0.2) is 12.1 Å². The molecule has 2 aliphatic rings. The van der Waals surface area contributed by atoms with Crippen molar-refractivity contribution in [3.8, 4) is 11.5 Å². The zero-order valence-corrected chi connectivity index (χ0v) is 10.4. The highest BCUT2D eigenvalue weighted by Crippen LogP contribution is 2.39. The highest BCUT2D eigenvalue weighted by Gasteiger charge is 2.36. The normalized spacial score (nSPS) is 21.0. The molecular formula is C13H13NO5. The van der Waals surface area contributed by atoms with E-state index in [9.17, 15) is 9.59 Å². The molecule has 1 saturated heterocycles. The number of carboxylic acids is 1. The summed E-state index contributed by atoms with van der Waals surface area (Å²) in [6.07, 6.45) is 0.0449. The molecule has 1 aromatic rings. The van der Waals surface area contributed by atoms with Crippen molar-refractivity contribution in [1.29, 1.82) is 0 Å². The molecule has 0 saturated carbocycles. The molecule has 2 aliphatic heterocycles. The van der Waals surface area contributed by atoms with Crippen LogP contribution >= 0.6 is 0 Å². The highest BCUT2D eigenvalue weighted by atomic mass is 16.7. The first kappa shape index (κ1) is 11.8. The van der Waals surface area contributed by atoms with Gasteiger partial charge in [-0.25, -0.2) is 0 Å². The number of amides is 1. The molecule has 2 heterocycles. The standard InChI is InChI=1S/C13H13NO5/c1-7-2-10-11(19-6-18-10)4-9(7)14-5-8(13(16)17)3-12(14)15/h2,4,8H,3,5-6H2,1H3,(H,16,17). The number of carbonyl (C=O) groups excluding carboxylic acids is 1. The topological polar surface area (TPSA) is 76.1 Å². The number of carbonyl (C=O) groups is 2. The summed E-state index contributed by atoms with van der Waals surface area (Å²) in [5.74, 6) is -0.504. The first-order valence-electron chi connectivity index (χ1n) is 5.99. The van der Waals surface area contributed by atoms with Gasteiger partial charge >= 0.3 is 5.97 Å².